The fraction of sp³-hybridized carbons (Fsp3) is 0.387. The van der Waals surface area contributed by atoms with Gasteiger partial charge in [-0.15, -0.1) is 0 Å². The van der Waals surface area contributed by atoms with E-state index in [1.165, 1.54) is 27.7 Å². The molecule has 0 saturated carbocycles. The van der Waals surface area contributed by atoms with E-state index in [0.29, 0.717) is 0 Å². The van der Waals surface area contributed by atoms with Crippen LogP contribution in [-0.2, 0) is 46.0 Å². The molecule has 5 rings (SSSR count). The summed E-state index contributed by atoms with van der Waals surface area (Å²) in [4.78, 5) is 40.4. The molecule has 0 radical (unpaired) electrons. The number of rotatable bonds is 9. The molecule has 0 spiro atoms. The second kappa shape index (κ2) is 12.1. The van der Waals surface area contributed by atoms with Gasteiger partial charge >= 0.3 is 18.2 Å². The van der Waals surface area contributed by atoms with Gasteiger partial charge in [-0.1, -0.05) is 42.5 Å². The Balaban J connectivity index is 1.44. The highest BCUT2D eigenvalue weighted by atomic mass is 32.2. The standard InChI is InChI=1S/C31H33F3N4O7S/c1-30(2,20-10-7-11-21(15-20)31(32,33)34)38-18-26(45-29(38)42)23(14-19-8-5-4-6-9-19)35-27(39)24-16-22(28(40)41)25-17-36(46(3,43)44)12-13-37(24)25/h4-11,15-16,23,26H,12-14,17-18H2,1-3H3,(H,35,39)(H,40,41)/t23-,26?/m0/s1. The number of carboxylic acids is 1. The monoisotopic (exact) mass is 662 g/mol. The molecular formula is C31H33F3N4O7S. The Morgan fingerprint density at radius 2 is 1.72 bits per heavy atom. The summed E-state index contributed by atoms with van der Waals surface area (Å²) in [6, 6.07) is 14.1. The number of hydrogen-bond donors (Lipinski definition) is 2. The number of aromatic nitrogens is 1. The number of cyclic esters (lactones) is 1. The lowest BCUT2D eigenvalue weighted by molar-refractivity contribution is -0.137. The van der Waals surface area contributed by atoms with Crippen molar-refractivity contribution in [2.45, 2.75) is 57.2 Å². The fourth-order valence-corrected chi connectivity index (χ4v) is 6.67. The van der Waals surface area contributed by atoms with Gasteiger partial charge in [-0.3, -0.25) is 9.69 Å². The van der Waals surface area contributed by atoms with Crippen LogP contribution in [-0.4, -0.2) is 76.8 Å². The van der Waals surface area contributed by atoms with E-state index in [1.807, 2.05) is 18.2 Å². The lowest BCUT2D eigenvalue weighted by Crippen LogP contribution is -2.49. The first-order chi connectivity index (χ1) is 21.5. The normalized spacial score (nSPS) is 18.2. The van der Waals surface area contributed by atoms with E-state index in [2.05, 4.69) is 5.32 Å². The second-order valence-electron chi connectivity index (χ2n) is 11.9. The van der Waals surface area contributed by atoms with E-state index in [-0.39, 0.29) is 55.1 Å². The summed E-state index contributed by atoms with van der Waals surface area (Å²) >= 11 is 0. The minimum Gasteiger partial charge on any atom is -0.478 e. The van der Waals surface area contributed by atoms with Gasteiger partial charge in [0.05, 0.1) is 42.1 Å². The summed E-state index contributed by atoms with van der Waals surface area (Å²) in [5.41, 5.74) is -1.07. The molecule has 2 atom stereocenters. The van der Waals surface area contributed by atoms with Crippen LogP contribution >= 0.6 is 0 Å². The first-order valence-corrected chi connectivity index (χ1v) is 16.2. The number of sulfonamides is 1. The Morgan fingerprint density at radius 3 is 2.35 bits per heavy atom. The number of fused-ring (bicyclic) bond motifs is 1. The molecule has 1 unspecified atom stereocenters. The minimum atomic E-state index is -4.58. The van der Waals surface area contributed by atoms with Crippen LogP contribution in [0.4, 0.5) is 18.0 Å². The van der Waals surface area contributed by atoms with Gasteiger partial charge in [0.25, 0.3) is 5.91 Å². The molecule has 0 bridgehead atoms. The number of alkyl halides is 3. The van der Waals surface area contributed by atoms with Gasteiger partial charge in [-0.25, -0.2) is 18.0 Å². The molecule has 2 amide bonds. The number of aromatic carboxylic acids is 1. The molecule has 1 fully saturated rings. The maximum absolute atomic E-state index is 13.8. The number of carbonyl (C=O) groups excluding carboxylic acids is 2. The molecule has 1 aromatic heterocycles. The fourth-order valence-electron chi connectivity index (χ4n) is 5.90. The molecule has 2 aromatic carbocycles. The van der Waals surface area contributed by atoms with Crippen molar-refractivity contribution >= 4 is 28.0 Å². The highest BCUT2D eigenvalue weighted by Crippen LogP contribution is 2.37. The summed E-state index contributed by atoms with van der Waals surface area (Å²) in [7, 11) is -3.62. The Hall–Kier alpha value is -4.37. The maximum Gasteiger partial charge on any atom is 0.416 e. The van der Waals surface area contributed by atoms with Crippen LogP contribution in [0.1, 0.15) is 57.1 Å². The molecule has 11 nitrogen and oxygen atoms in total. The van der Waals surface area contributed by atoms with Gasteiger partial charge in [0, 0.05) is 18.8 Å². The molecule has 246 valence electrons. The number of halogens is 3. The summed E-state index contributed by atoms with van der Waals surface area (Å²) in [5.74, 6) is -1.98. The van der Waals surface area contributed by atoms with E-state index in [0.717, 1.165) is 28.3 Å². The van der Waals surface area contributed by atoms with E-state index >= 15 is 0 Å². The van der Waals surface area contributed by atoms with Crippen LogP contribution in [0.15, 0.2) is 60.7 Å². The number of ether oxygens (including phenoxy) is 1. The van der Waals surface area contributed by atoms with Crippen molar-refractivity contribution in [2.24, 2.45) is 0 Å². The Bertz CT molecular complexity index is 1770. The molecule has 46 heavy (non-hydrogen) atoms. The Kier molecular flexibility index (Phi) is 8.68. The lowest BCUT2D eigenvalue weighted by atomic mass is 9.90. The van der Waals surface area contributed by atoms with E-state index in [4.69, 9.17) is 4.74 Å². The summed E-state index contributed by atoms with van der Waals surface area (Å²) in [6.07, 6.45) is -5.03. The third-order valence-electron chi connectivity index (χ3n) is 8.51. The number of hydrogen-bond acceptors (Lipinski definition) is 6. The second-order valence-corrected chi connectivity index (χ2v) is 13.9. The molecule has 15 heteroatoms. The molecule has 0 aliphatic carbocycles. The van der Waals surface area contributed by atoms with Crippen LogP contribution in [0, 0.1) is 0 Å². The average molecular weight is 663 g/mol. The van der Waals surface area contributed by atoms with Crippen molar-refractivity contribution in [1.82, 2.24) is 19.1 Å². The number of nitrogens with one attached hydrogen (secondary N) is 1. The quantitative estimate of drug-likeness (QED) is 0.352. The highest BCUT2D eigenvalue weighted by Gasteiger charge is 2.45. The van der Waals surface area contributed by atoms with Crippen LogP contribution in [0.3, 0.4) is 0 Å². The van der Waals surface area contributed by atoms with Crippen LogP contribution in [0.2, 0.25) is 0 Å². The summed E-state index contributed by atoms with van der Waals surface area (Å²) in [6.45, 7) is 3.01. The molecule has 1 saturated heterocycles. The number of nitrogens with zero attached hydrogens (tertiary/aromatic N) is 3. The van der Waals surface area contributed by atoms with Gasteiger partial charge in [0.1, 0.15) is 11.8 Å². The predicted octanol–water partition coefficient (Wildman–Crippen LogP) is 4.08. The average Bonchev–Trinajstić information content (AvgIpc) is 3.58. The third kappa shape index (κ3) is 6.60. The Labute approximate surface area is 263 Å². The van der Waals surface area contributed by atoms with Crippen molar-refractivity contribution in [3.63, 3.8) is 0 Å². The zero-order chi connectivity index (χ0) is 33.6. The number of amides is 2. The smallest absolute Gasteiger partial charge is 0.416 e. The molecule has 2 aliphatic rings. The summed E-state index contributed by atoms with van der Waals surface area (Å²) < 4.78 is 73.0. The SMILES string of the molecule is CC(C)(c1cccc(C(F)(F)F)c1)N1CC([C@H](Cc2ccccc2)NC(=O)c2cc(C(=O)O)c3n2CCN(S(C)(=O)=O)C3)OC1=O. The third-order valence-corrected chi connectivity index (χ3v) is 9.76. The maximum atomic E-state index is 13.8. The zero-order valence-electron chi connectivity index (χ0n) is 25.2. The largest absolute Gasteiger partial charge is 0.478 e. The molecular weight excluding hydrogens is 629 g/mol. The van der Waals surface area contributed by atoms with Crippen molar-refractivity contribution < 1.29 is 45.8 Å². The minimum absolute atomic E-state index is 0.00378. The van der Waals surface area contributed by atoms with Crippen molar-refractivity contribution in [3.05, 3.63) is 94.3 Å². The van der Waals surface area contributed by atoms with E-state index < -0.39 is 57.4 Å². The van der Waals surface area contributed by atoms with Crippen LogP contribution in [0.5, 0.6) is 0 Å². The molecule has 3 heterocycles. The number of carbonyl (C=O) groups is 3. The van der Waals surface area contributed by atoms with Gasteiger partial charge in [0.2, 0.25) is 10.0 Å². The van der Waals surface area contributed by atoms with Gasteiger partial charge in [-0.05, 0) is 49.6 Å². The topological polar surface area (TPSA) is 138 Å². The van der Waals surface area contributed by atoms with Gasteiger partial charge in [0.15, 0.2) is 0 Å². The van der Waals surface area contributed by atoms with Crippen molar-refractivity contribution in [3.8, 4) is 0 Å². The number of carboxylic acid groups (broad SMARTS) is 1. The first kappa shape index (κ1) is 33.0. The molecule has 2 aliphatic heterocycles. The lowest BCUT2D eigenvalue weighted by Gasteiger charge is -2.35. The van der Waals surface area contributed by atoms with E-state index in [9.17, 15) is 41.1 Å². The zero-order valence-corrected chi connectivity index (χ0v) is 26.1. The highest BCUT2D eigenvalue weighted by molar-refractivity contribution is 7.88. The molecule has 2 N–H and O–H groups in total. The first-order valence-electron chi connectivity index (χ1n) is 14.4. The number of benzene rings is 2. The van der Waals surface area contributed by atoms with Gasteiger partial charge < -0.3 is 19.7 Å². The Morgan fingerprint density at radius 1 is 1.04 bits per heavy atom. The van der Waals surface area contributed by atoms with Crippen molar-refractivity contribution in [2.75, 3.05) is 19.3 Å². The van der Waals surface area contributed by atoms with Crippen molar-refractivity contribution in [1.29, 1.82) is 0 Å². The predicted molar refractivity (Wildman–Crippen MR) is 159 cm³/mol. The van der Waals surface area contributed by atoms with E-state index in [1.54, 1.807) is 26.0 Å². The van der Waals surface area contributed by atoms with Crippen LogP contribution < -0.4 is 5.32 Å². The van der Waals surface area contributed by atoms with Crippen LogP contribution in [0.25, 0.3) is 0 Å². The van der Waals surface area contributed by atoms with Gasteiger partial charge in [-0.2, -0.15) is 17.5 Å². The molecule has 3 aromatic rings. The summed E-state index contributed by atoms with van der Waals surface area (Å²) in [5, 5.41) is 12.7.